The molecule has 1 saturated carbocycles. The summed E-state index contributed by atoms with van der Waals surface area (Å²) in [4.78, 5) is 10.4. The summed E-state index contributed by atoms with van der Waals surface area (Å²) in [5.74, 6) is -1.73. The van der Waals surface area contributed by atoms with E-state index in [1.165, 1.54) is 0 Å². The molecule has 3 atom stereocenters. The molecule has 58 valence electrons. The fourth-order valence-corrected chi connectivity index (χ4v) is 1.54. The molecule has 2 nitrogen and oxygen atoms in total. The van der Waals surface area contributed by atoms with Crippen LogP contribution >= 0.6 is 0 Å². The highest BCUT2D eigenvalue weighted by molar-refractivity contribution is 5.71. The first-order valence-electron chi connectivity index (χ1n) is 3.50. The van der Waals surface area contributed by atoms with Gasteiger partial charge in [0.2, 0.25) is 0 Å². The van der Waals surface area contributed by atoms with Crippen molar-refractivity contribution in [3.05, 3.63) is 0 Å². The van der Waals surface area contributed by atoms with E-state index < -0.39 is 18.1 Å². The van der Waals surface area contributed by atoms with Crippen molar-refractivity contribution in [2.75, 3.05) is 0 Å². The van der Waals surface area contributed by atoms with Crippen LogP contribution in [0.2, 0.25) is 0 Å². The molecule has 3 heteroatoms. The molecule has 0 spiro atoms. The molecule has 0 aliphatic heterocycles. The van der Waals surface area contributed by atoms with Gasteiger partial charge in [-0.25, -0.2) is 4.39 Å². The third kappa shape index (κ3) is 1.13. The summed E-state index contributed by atoms with van der Waals surface area (Å²) >= 11 is 0. The summed E-state index contributed by atoms with van der Waals surface area (Å²) in [6.45, 7) is 1.79. The van der Waals surface area contributed by atoms with Gasteiger partial charge < -0.3 is 5.11 Å². The summed E-state index contributed by atoms with van der Waals surface area (Å²) in [6.07, 6.45) is 0.00324. The van der Waals surface area contributed by atoms with Gasteiger partial charge in [0.25, 0.3) is 0 Å². The molecule has 0 radical (unpaired) electrons. The minimum Gasteiger partial charge on any atom is -0.481 e. The van der Waals surface area contributed by atoms with Gasteiger partial charge in [-0.05, 0) is 18.8 Å². The van der Waals surface area contributed by atoms with Crippen LogP contribution in [0.25, 0.3) is 0 Å². The minimum atomic E-state index is -1.12. The Bertz CT molecular complexity index is 137. The van der Waals surface area contributed by atoms with Crippen molar-refractivity contribution in [2.45, 2.75) is 25.9 Å². The lowest BCUT2D eigenvalue weighted by Crippen LogP contribution is -2.23. The molecule has 0 unspecified atom stereocenters. The van der Waals surface area contributed by atoms with Gasteiger partial charge in [-0.15, -0.1) is 0 Å². The molecule has 1 fully saturated rings. The van der Waals surface area contributed by atoms with Crippen molar-refractivity contribution >= 4 is 5.97 Å². The van der Waals surface area contributed by atoms with Crippen molar-refractivity contribution in [1.29, 1.82) is 0 Å². The summed E-state index contributed by atoms with van der Waals surface area (Å²) in [5.41, 5.74) is 0. The highest BCUT2D eigenvalue weighted by atomic mass is 19.1. The maximum atomic E-state index is 12.7. The second-order valence-corrected chi connectivity index (χ2v) is 2.93. The molecule has 1 rings (SSSR count). The molecular weight excluding hydrogens is 135 g/mol. The number of rotatable bonds is 1. The number of hydrogen-bond donors (Lipinski definition) is 1. The first-order chi connectivity index (χ1) is 4.63. The Kier molecular flexibility index (Phi) is 1.92. The van der Waals surface area contributed by atoms with Gasteiger partial charge in [-0.3, -0.25) is 4.79 Å². The van der Waals surface area contributed by atoms with E-state index in [0.717, 1.165) is 0 Å². The number of halogens is 1. The lowest BCUT2D eigenvalue weighted by Gasteiger charge is -2.10. The smallest absolute Gasteiger partial charge is 0.309 e. The average Bonchev–Trinajstić information content (AvgIpc) is 2.11. The zero-order valence-corrected chi connectivity index (χ0v) is 5.88. The zero-order valence-electron chi connectivity index (χ0n) is 5.88. The van der Waals surface area contributed by atoms with Crippen LogP contribution in [-0.4, -0.2) is 17.2 Å². The second-order valence-electron chi connectivity index (χ2n) is 2.93. The number of aliphatic carboxylic acids is 1. The number of carboxylic acids is 1. The molecule has 0 bridgehead atoms. The second kappa shape index (κ2) is 2.56. The molecule has 0 saturated heterocycles. The van der Waals surface area contributed by atoms with Crippen LogP contribution in [-0.2, 0) is 4.79 Å². The summed E-state index contributed by atoms with van der Waals surface area (Å²) in [6, 6.07) is 0. The lowest BCUT2D eigenvalue weighted by molar-refractivity contribution is -0.144. The van der Waals surface area contributed by atoms with Gasteiger partial charge in [0.15, 0.2) is 0 Å². The van der Waals surface area contributed by atoms with E-state index in [0.29, 0.717) is 12.8 Å². The molecule has 0 heterocycles. The highest BCUT2D eigenvalue weighted by Crippen LogP contribution is 2.33. The van der Waals surface area contributed by atoms with E-state index in [4.69, 9.17) is 5.11 Å². The van der Waals surface area contributed by atoms with E-state index in [9.17, 15) is 9.18 Å². The number of hydrogen-bond acceptors (Lipinski definition) is 1. The number of alkyl halides is 1. The van der Waals surface area contributed by atoms with Crippen LogP contribution in [0.3, 0.4) is 0 Å². The Hall–Kier alpha value is -0.600. The fraction of sp³-hybridized carbons (Fsp3) is 0.857. The third-order valence-corrected chi connectivity index (χ3v) is 2.19. The highest BCUT2D eigenvalue weighted by Gasteiger charge is 2.38. The Labute approximate surface area is 59.0 Å². The molecule has 1 N–H and O–H groups in total. The van der Waals surface area contributed by atoms with Crippen molar-refractivity contribution in [1.82, 2.24) is 0 Å². The van der Waals surface area contributed by atoms with Gasteiger partial charge in [0.05, 0.1) is 5.92 Å². The predicted octanol–water partition coefficient (Wildman–Crippen LogP) is 1.46. The fourth-order valence-electron chi connectivity index (χ4n) is 1.54. The van der Waals surface area contributed by atoms with Crippen LogP contribution in [0.15, 0.2) is 0 Å². The van der Waals surface area contributed by atoms with Gasteiger partial charge in [-0.2, -0.15) is 0 Å². The first kappa shape index (κ1) is 7.51. The summed E-state index contributed by atoms with van der Waals surface area (Å²) in [7, 11) is 0. The van der Waals surface area contributed by atoms with Crippen molar-refractivity contribution in [3.8, 4) is 0 Å². The standard InChI is InChI=1S/C7H11FO2/c1-4-2-3-5(8)6(4)7(9)10/h4-6H,2-3H2,1H3,(H,9,10)/t4-,5-,6+/m1/s1. The van der Waals surface area contributed by atoms with Crippen LogP contribution in [0, 0.1) is 11.8 Å². The van der Waals surface area contributed by atoms with Crippen LogP contribution in [0.5, 0.6) is 0 Å². The van der Waals surface area contributed by atoms with Gasteiger partial charge in [0, 0.05) is 0 Å². The van der Waals surface area contributed by atoms with Gasteiger partial charge in [0.1, 0.15) is 6.17 Å². The quantitative estimate of drug-likeness (QED) is 0.608. The minimum absolute atomic E-state index is 0.00694. The Morgan fingerprint density at radius 2 is 2.20 bits per heavy atom. The van der Waals surface area contributed by atoms with Crippen LogP contribution < -0.4 is 0 Å². The number of carboxylic acid groups (broad SMARTS) is 1. The number of carbonyl (C=O) groups is 1. The van der Waals surface area contributed by atoms with Crippen molar-refractivity contribution < 1.29 is 14.3 Å². The van der Waals surface area contributed by atoms with E-state index >= 15 is 0 Å². The zero-order chi connectivity index (χ0) is 7.72. The molecular formula is C7H11FO2. The van der Waals surface area contributed by atoms with Crippen LogP contribution in [0.1, 0.15) is 19.8 Å². The first-order valence-corrected chi connectivity index (χ1v) is 3.50. The maximum Gasteiger partial charge on any atom is 0.309 e. The van der Waals surface area contributed by atoms with E-state index in [-0.39, 0.29) is 5.92 Å². The molecule has 10 heavy (non-hydrogen) atoms. The SMILES string of the molecule is C[C@@H]1CC[C@@H](F)[C@H]1C(=O)O. The summed E-state index contributed by atoms with van der Waals surface area (Å²) < 4.78 is 12.7. The largest absolute Gasteiger partial charge is 0.481 e. The topological polar surface area (TPSA) is 37.3 Å². The molecule has 0 aromatic rings. The monoisotopic (exact) mass is 146 g/mol. The molecule has 1 aliphatic rings. The normalized spacial score (nSPS) is 40.0. The van der Waals surface area contributed by atoms with E-state index in [2.05, 4.69) is 0 Å². The Morgan fingerprint density at radius 1 is 1.60 bits per heavy atom. The maximum absolute atomic E-state index is 12.7. The third-order valence-electron chi connectivity index (χ3n) is 2.19. The Balaban J connectivity index is 2.63. The van der Waals surface area contributed by atoms with Gasteiger partial charge >= 0.3 is 5.97 Å². The van der Waals surface area contributed by atoms with E-state index in [1.807, 2.05) is 0 Å². The molecule has 0 amide bonds. The van der Waals surface area contributed by atoms with Crippen LogP contribution in [0.4, 0.5) is 4.39 Å². The Morgan fingerprint density at radius 3 is 2.40 bits per heavy atom. The molecule has 0 aromatic carbocycles. The van der Waals surface area contributed by atoms with Crippen molar-refractivity contribution in [3.63, 3.8) is 0 Å². The van der Waals surface area contributed by atoms with E-state index in [1.54, 1.807) is 6.92 Å². The van der Waals surface area contributed by atoms with Gasteiger partial charge in [-0.1, -0.05) is 6.92 Å². The average molecular weight is 146 g/mol. The van der Waals surface area contributed by atoms with Crippen molar-refractivity contribution in [2.24, 2.45) is 11.8 Å². The molecule has 0 aromatic heterocycles. The summed E-state index contributed by atoms with van der Waals surface area (Å²) in [5, 5.41) is 8.51. The predicted molar refractivity (Wildman–Crippen MR) is 34.4 cm³/mol. The molecule has 1 aliphatic carbocycles. The lowest BCUT2D eigenvalue weighted by atomic mass is 9.98.